The predicted molar refractivity (Wildman–Crippen MR) is 81.4 cm³/mol. The van der Waals surface area contributed by atoms with Gasteiger partial charge in [0, 0.05) is 35.8 Å². The molecule has 3 N–H and O–H groups in total. The number of anilines is 1. The van der Waals surface area contributed by atoms with E-state index in [2.05, 4.69) is 10.3 Å². The molecule has 1 aromatic carbocycles. The Balaban J connectivity index is 2.06. The molecule has 0 spiro atoms. The number of para-hydroxylation sites is 1. The van der Waals surface area contributed by atoms with Crippen LogP contribution in [0.2, 0.25) is 0 Å². The molecule has 0 aliphatic rings. The summed E-state index contributed by atoms with van der Waals surface area (Å²) >= 11 is 6.74. The molecule has 0 fully saturated rings. The fourth-order valence-electron chi connectivity index (χ4n) is 1.78. The summed E-state index contributed by atoms with van der Waals surface area (Å²) in [6, 6.07) is 5.96. The van der Waals surface area contributed by atoms with Crippen molar-refractivity contribution in [1.29, 1.82) is 0 Å². The summed E-state index contributed by atoms with van der Waals surface area (Å²) in [5.74, 6) is 0. The number of nitrogens with one attached hydrogen (secondary N) is 1. The van der Waals surface area contributed by atoms with E-state index in [1.165, 1.54) is 0 Å². The SMILES string of the molecule is Cc1cccc(C(N)=S)c1NCCc1nccs1. The maximum Gasteiger partial charge on any atom is 0.106 e. The van der Waals surface area contributed by atoms with Crippen molar-refractivity contribution in [3.63, 3.8) is 0 Å². The standard InChI is InChI=1S/C13H15N3S2/c1-9-3-2-4-10(13(14)17)12(9)16-6-5-11-15-7-8-18-11/h2-4,7-8,16H,5-6H2,1H3,(H2,14,17). The molecule has 0 aliphatic heterocycles. The summed E-state index contributed by atoms with van der Waals surface area (Å²) in [5, 5.41) is 6.52. The van der Waals surface area contributed by atoms with Gasteiger partial charge in [-0.1, -0.05) is 24.4 Å². The van der Waals surface area contributed by atoms with E-state index < -0.39 is 0 Å². The third-order valence-corrected chi connectivity index (χ3v) is 3.72. The van der Waals surface area contributed by atoms with Crippen LogP contribution < -0.4 is 11.1 Å². The zero-order valence-electron chi connectivity index (χ0n) is 10.1. The van der Waals surface area contributed by atoms with Crippen LogP contribution in [0.25, 0.3) is 0 Å². The molecular formula is C13H15N3S2. The largest absolute Gasteiger partial charge is 0.389 e. The number of nitrogens with zero attached hydrogens (tertiary/aromatic N) is 1. The summed E-state index contributed by atoms with van der Waals surface area (Å²) < 4.78 is 0. The second-order valence-corrected chi connectivity index (χ2v) is 5.38. The number of rotatable bonds is 5. The number of hydrogen-bond acceptors (Lipinski definition) is 4. The van der Waals surface area contributed by atoms with Gasteiger partial charge in [-0.25, -0.2) is 4.98 Å². The summed E-state index contributed by atoms with van der Waals surface area (Å²) in [7, 11) is 0. The van der Waals surface area contributed by atoms with Gasteiger partial charge in [-0.2, -0.15) is 0 Å². The normalized spacial score (nSPS) is 10.3. The number of nitrogens with two attached hydrogens (primary N) is 1. The molecule has 0 unspecified atom stereocenters. The minimum Gasteiger partial charge on any atom is -0.389 e. The lowest BCUT2D eigenvalue weighted by Crippen LogP contribution is -2.15. The van der Waals surface area contributed by atoms with E-state index in [-0.39, 0.29) is 0 Å². The number of aromatic nitrogens is 1. The van der Waals surface area contributed by atoms with E-state index in [1.54, 1.807) is 11.3 Å². The molecule has 1 heterocycles. The highest BCUT2D eigenvalue weighted by Crippen LogP contribution is 2.20. The monoisotopic (exact) mass is 277 g/mol. The van der Waals surface area contributed by atoms with Gasteiger partial charge in [0.15, 0.2) is 0 Å². The van der Waals surface area contributed by atoms with Crippen LogP contribution in [0.15, 0.2) is 29.8 Å². The molecule has 2 rings (SSSR count). The average molecular weight is 277 g/mol. The lowest BCUT2D eigenvalue weighted by Gasteiger charge is -2.13. The van der Waals surface area contributed by atoms with Gasteiger partial charge in [0.2, 0.25) is 0 Å². The first-order valence-electron chi connectivity index (χ1n) is 5.70. The Bertz CT molecular complexity index is 535. The fraction of sp³-hybridized carbons (Fsp3) is 0.231. The first-order chi connectivity index (χ1) is 8.68. The number of aryl methyl sites for hydroxylation is 1. The van der Waals surface area contributed by atoms with Gasteiger partial charge < -0.3 is 11.1 Å². The minimum absolute atomic E-state index is 0.426. The van der Waals surface area contributed by atoms with Gasteiger partial charge in [0.1, 0.15) is 4.99 Å². The lowest BCUT2D eigenvalue weighted by atomic mass is 10.1. The van der Waals surface area contributed by atoms with Crippen molar-refractivity contribution < 1.29 is 0 Å². The molecule has 0 aliphatic carbocycles. The molecule has 94 valence electrons. The summed E-state index contributed by atoms with van der Waals surface area (Å²) in [4.78, 5) is 4.68. The van der Waals surface area contributed by atoms with Crippen LogP contribution in [0.1, 0.15) is 16.1 Å². The Labute approximate surface area is 116 Å². The summed E-state index contributed by atoms with van der Waals surface area (Å²) in [6.07, 6.45) is 2.73. The van der Waals surface area contributed by atoms with E-state index in [0.29, 0.717) is 4.99 Å². The molecule has 0 bridgehead atoms. The van der Waals surface area contributed by atoms with Crippen LogP contribution in [-0.4, -0.2) is 16.5 Å². The second kappa shape index (κ2) is 5.93. The van der Waals surface area contributed by atoms with Gasteiger partial charge in [-0.05, 0) is 18.6 Å². The van der Waals surface area contributed by atoms with Crippen LogP contribution in [-0.2, 0) is 6.42 Å². The van der Waals surface area contributed by atoms with Gasteiger partial charge in [-0.15, -0.1) is 11.3 Å². The molecule has 5 heteroatoms. The van der Waals surface area contributed by atoms with Gasteiger partial charge in [-0.3, -0.25) is 0 Å². The molecule has 3 nitrogen and oxygen atoms in total. The Morgan fingerprint density at radius 2 is 2.33 bits per heavy atom. The van der Waals surface area contributed by atoms with Crippen LogP contribution in [0, 0.1) is 6.92 Å². The average Bonchev–Trinajstić information content (AvgIpc) is 2.84. The zero-order valence-corrected chi connectivity index (χ0v) is 11.8. The molecule has 0 saturated carbocycles. The van der Waals surface area contributed by atoms with E-state index in [1.807, 2.05) is 36.7 Å². The smallest absolute Gasteiger partial charge is 0.106 e. The molecule has 2 aromatic rings. The van der Waals surface area contributed by atoms with Crippen molar-refractivity contribution in [1.82, 2.24) is 4.98 Å². The van der Waals surface area contributed by atoms with Crippen LogP contribution in [0.4, 0.5) is 5.69 Å². The van der Waals surface area contributed by atoms with Gasteiger partial charge >= 0.3 is 0 Å². The fourth-order valence-corrected chi connectivity index (χ4v) is 2.57. The predicted octanol–water partition coefficient (Wildman–Crippen LogP) is 2.74. The van der Waals surface area contributed by atoms with Crippen molar-refractivity contribution in [3.05, 3.63) is 45.9 Å². The van der Waals surface area contributed by atoms with Crippen LogP contribution in [0.5, 0.6) is 0 Å². The first-order valence-corrected chi connectivity index (χ1v) is 6.99. The molecule has 0 saturated heterocycles. The molecule has 0 amide bonds. The third-order valence-electron chi connectivity index (χ3n) is 2.66. The number of thiazole rings is 1. The first kappa shape index (κ1) is 13.0. The second-order valence-electron chi connectivity index (χ2n) is 3.96. The highest BCUT2D eigenvalue weighted by Gasteiger charge is 2.07. The zero-order chi connectivity index (χ0) is 13.0. The number of hydrogen-bond donors (Lipinski definition) is 2. The maximum atomic E-state index is 5.73. The van der Waals surface area contributed by atoms with E-state index in [0.717, 1.165) is 34.8 Å². The van der Waals surface area contributed by atoms with Gasteiger partial charge in [0.05, 0.1) is 5.01 Å². The summed E-state index contributed by atoms with van der Waals surface area (Å²) in [5.41, 5.74) is 8.82. The molecule has 0 radical (unpaired) electrons. The van der Waals surface area contributed by atoms with Crippen molar-refractivity contribution in [2.75, 3.05) is 11.9 Å². The third kappa shape index (κ3) is 3.05. The Morgan fingerprint density at radius 1 is 1.50 bits per heavy atom. The number of benzene rings is 1. The molecular weight excluding hydrogens is 262 g/mol. The van der Waals surface area contributed by atoms with Crippen molar-refractivity contribution in [3.8, 4) is 0 Å². The quantitative estimate of drug-likeness (QED) is 0.825. The van der Waals surface area contributed by atoms with E-state index in [4.69, 9.17) is 18.0 Å². The molecule has 18 heavy (non-hydrogen) atoms. The Kier molecular flexibility index (Phi) is 4.28. The molecule has 0 atom stereocenters. The number of thiocarbonyl (C=S) groups is 1. The van der Waals surface area contributed by atoms with Crippen LogP contribution >= 0.6 is 23.6 Å². The topological polar surface area (TPSA) is 50.9 Å². The maximum absolute atomic E-state index is 5.73. The Morgan fingerprint density at radius 3 is 3.00 bits per heavy atom. The summed E-state index contributed by atoms with van der Waals surface area (Å²) in [6.45, 7) is 2.88. The van der Waals surface area contributed by atoms with E-state index >= 15 is 0 Å². The minimum atomic E-state index is 0.426. The van der Waals surface area contributed by atoms with Crippen LogP contribution in [0.3, 0.4) is 0 Å². The highest BCUT2D eigenvalue weighted by molar-refractivity contribution is 7.80. The van der Waals surface area contributed by atoms with Crippen molar-refractivity contribution in [2.24, 2.45) is 5.73 Å². The van der Waals surface area contributed by atoms with Gasteiger partial charge in [0.25, 0.3) is 0 Å². The molecule has 1 aromatic heterocycles. The van der Waals surface area contributed by atoms with Crippen molar-refractivity contribution in [2.45, 2.75) is 13.3 Å². The Hall–Kier alpha value is -1.46. The highest BCUT2D eigenvalue weighted by atomic mass is 32.1. The van der Waals surface area contributed by atoms with Crippen molar-refractivity contribution >= 4 is 34.2 Å². The lowest BCUT2D eigenvalue weighted by molar-refractivity contribution is 0.995. The van der Waals surface area contributed by atoms with E-state index in [9.17, 15) is 0 Å².